The molecule has 0 saturated heterocycles. The van der Waals surface area contributed by atoms with Crippen molar-refractivity contribution in [3.05, 3.63) is 63.5 Å². The molecular formula is C17H21IN2. The molecular weight excluding hydrogens is 359 g/mol. The minimum atomic E-state index is 0.269. The summed E-state index contributed by atoms with van der Waals surface area (Å²) in [5, 5.41) is 3.70. The highest BCUT2D eigenvalue weighted by molar-refractivity contribution is 14.1. The second kappa shape index (κ2) is 7.18. The van der Waals surface area contributed by atoms with E-state index in [1.165, 1.54) is 9.13 Å². The molecule has 0 saturated carbocycles. The predicted molar refractivity (Wildman–Crippen MR) is 92.5 cm³/mol. The maximum absolute atomic E-state index is 4.50. The summed E-state index contributed by atoms with van der Waals surface area (Å²) in [5.74, 6) is 0.496. The Balaban J connectivity index is 2.14. The van der Waals surface area contributed by atoms with Gasteiger partial charge in [0.25, 0.3) is 0 Å². The molecule has 2 rings (SSSR count). The topological polar surface area (TPSA) is 24.9 Å². The Morgan fingerprint density at radius 3 is 2.25 bits per heavy atom. The SMILES string of the molecule is CC(C)[C@H](N[C@H](C)c1ccc(I)cc1)c1ccccn1. The lowest BCUT2D eigenvalue weighted by atomic mass is 9.98. The second-order valence-corrected chi connectivity index (χ2v) is 6.66. The maximum atomic E-state index is 4.50. The van der Waals surface area contributed by atoms with Crippen molar-refractivity contribution < 1.29 is 0 Å². The van der Waals surface area contributed by atoms with E-state index >= 15 is 0 Å². The first kappa shape index (κ1) is 15.4. The quantitative estimate of drug-likeness (QED) is 0.759. The third-order valence-corrected chi connectivity index (χ3v) is 4.19. The molecule has 1 aromatic heterocycles. The summed E-state index contributed by atoms with van der Waals surface area (Å²) in [7, 11) is 0. The Bertz CT molecular complexity index is 522. The summed E-state index contributed by atoms with van der Waals surface area (Å²) >= 11 is 2.33. The second-order valence-electron chi connectivity index (χ2n) is 5.42. The molecule has 1 heterocycles. The Hall–Kier alpha value is -0.940. The Labute approximate surface area is 135 Å². The number of nitrogens with zero attached hydrogens (tertiary/aromatic N) is 1. The predicted octanol–water partition coefficient (Wildman–Crippen LogP) is 4.73. The van der Waals surface area contributed by atoms with Gasteiger partial charge in [0, 0.05) is 15.8 Å². The fourth-order valence-corrected chi connectivity index (χ4v) is 2.66. The Kier molecular flexibility index (Phi) is 5.54. The van der Waals surface area contributed by atoms with Crippen LogP contribution < -0.4 is 5.32 Å². The van der Waals surface area contributed by atoms with Crippen molar-refractivity contribution in [1.82, 2.24) is 10.3 Å². The van der Waals surface area contributed by atoms with Gasteiger partial charge in [0.2, 0.25) is 0 Å². The van der Waals surface area contributed by atoms with Crippen LogP contribution in [0.25, 0.3) is 0 Å². The van der Waals surface area contributed by atoms with E-state index in [2.05, 4.69) is 90.1 Å². The van der Waals surface area contributed by atoms with Gasteiger partial charge in [-0.2, -0.15) is 0 Å². The zero-order chi connectivity index (χ0) is 14.5. The molecule has 2 aromatic rings. The van der Waals surface area contributed by atoms with E-state index in [0.717, 1.165) is 5.69 Å². The molecule has 106 valence electrons. The number of aromatic nitrogens is 1. The first-order chi connectivity index (χ1) is 9.58. The lowest BCUT2D eigenvalue weighted by molar-refractivity contribution is 0.367. The first-order valence-electron chi connectivity index (χ1n) is 7.00. The number of hydrogen-bond donors (Lipinski definition) is 1. The summed E-state index contributed by atoms with van der Waals surface area (Å²) < 4.78 is 1.27. The lowest BCUT2D eigenvalue weighted by Gasteiger charge is -2.26. The monoisotopic (exact) mass is 380 g/mol. The van der Waals surface area contributed by atoms with E-state index in [-0.39, 0.29) is 6.04 Å². The highest BCUT2D eigenvalue weighted by Gasteiger charge is 2.19. The van der Waals surface area contributed by atoms with Crippen molar-refractivity contribution in [2.75, 3.05) is 0 Å². The molecule has 0 aliphatic rings. The van der Waals surface area contributed by atoms with Gasteiger partial charge in [-0.3, -0.25) is 4.98 Å². The summed E-state index contributed by atoms with van der Waals surface area (Å²) in [6.45, 7) is 6.67. The van der Waals surface area contributed by atoms with Crippen LogP contribution in [0.5, 0.6) is 0 Å². The third-order valence-electron chi connectivity index (χ3n) is 3.47. The molecule has 2 nitrogen and oxygen atoms in total. The number of benzene rings is 1. The average Bonchev–Trinajstić information content (AvgIpc) is 2.46. The minimum absolute atomic E-state index is 0.269. The minimum Gasteiger partial charge on any atom is -0.302 e. The third kappa shape index (κ3) is 4.03. The molecule has 3 heteroatoms. The number of hydrogen-bond acceptors (Lipinski definition) is 2. The summed E-state index contributed by atoms with van der Waals surface area (Å²) in [6, 6.07) is 15.4. The largest absolute Gasteiger partial charge is 0.302 e. The molecule has 1 N–H and O–H groups in total. The molecule has 2 atom stereocenters. The number of pyridine rings is 1. The van der Waals surface area contributed by atoms with Gasteiger partial charge < -0.3 is 5.32 Å². The van der Waals surface area contributed by atoms with Gasteiger partial charge in [0.1, 0.15) is 0 Å². The van der Waals surface area contributed by atoms with Crippen molar-refractivity contribution in [3.63, 3.8) is 0 Å². The molecule has 0 unspecified atom stereocenters. The molecule has 0 radical (unpaired) electrons. The molecule has 0 aliphatic carbocycles. The van der Waals surface area contributed by atoms with E-state index in [1.807, 2.05) is 12.3 Å². The highest BCUT2D eigenvalue weighted by Crippen LogP contribution is 2.24. The van der Waals surface area contributed by atoms with E-state index in [4.69, 9.17) is 0 Å². The number of halogens is 1. The van der Waals surface area contributed by atoms with Crippen LogP contribution in [-0.4, -0.2) is 4.98 Å². The van der Waals surface area contributed by atoms with Crippen LogP contribution in [0.3, 0.4) is 0 Å². The van der Waals surface area contributed by atoms with E-state index in [0.29, 0.717) is 12.0 Å². The van der Waals surface area contributed by atoms with Crippen LogP contribution in [0.4, 0.5) is 0 Å². The van der Waals surface area contributed by atoms with E-state index < -0.39 is 0 Å². The normalized spacial score (nSPS) is 14.2. The Morgan fingerprint density at radius 2 is 1.70 bits per heavy atom. The van der Waals surface area contributed by atoms with Crippen molar-refractivity contribution in [3.8, 4) is 0 Å². The molecule has 0 spiro atoms. The smallest absolute Gasteiger partial charge is 0.0575 e. The molecule has 20 heavy (non-hydrogen) atoms. The summed E-state index contributed by atoms with van der Waals surface area (Å²) in [6.07, 6.45) is 1.86. The highest BCUT2D eigenvalue weighted by atomic mass is 127. The van der Waals surface area contributed by atoms with Gasteiger partial charge >= 0.3 is 0 Å². The zero-order valence-corrected chi connectivity index (χ0v) is 14.3. The van der Waals surface area contributed by atoms with Crippen molar-refractivity contribution in [2.24, 2.45) is 5.92 Å². The molecule has 0 bridgehead atoms. The number of rotatable bonds is 5. The fraction of sp³-hybridized carbons (Fsp3) is 0.353. The van der Waals surface area contributed by atoms with Crippen LogP contribution in [0, 0.1) is 9.49 Å². The summed E-state index contributed by atoms with van der Waals surface area (Å²) in [4.78, 5) is 4.50. The molecule has 0 fully saturated rings. The standard InChI is InChI=1S/C17H21IN2/c1-12(2)17(16-6-4-5-11-19-16)20-13(3)14-7-9-15(18)10-8-14/h4-13,17,20H,1-3H3/t13-,17+/m1/s1. The zero-order valence-electron chi connectivity index (χ0n) is 12.2. The van der Waals surface area contributed by atoms with Crippen molar-refractivity contribution in [1.29, 1.82) is 0 Å². The maximum Gasteiger partial charge on any atom is 0.0575 e. The number of nitrogens with one attached hydrogen (secondary N) is 1. The molecule has 1 aromatic carbocycles. The van der Waals surface area contributed by atoms with Crippen LogP contribution in [-0.2, 0) is 0 Å². The summed E-state index contributed by atoms with van der Waals surface area (Å²) in [5.41, 5.74) is 2.42. The lowest BCUT2D eigenvalue weighted by Crippen LogP contribution is -2.29. The van der Waals surface area contributed by atoms with Crippen LogP contribution in [0.1, 0.15) is 44.1 Å². The fourth-order valence-electron chi connectivity index (χ4n) is 2.30. The van der Waals surface area contributed by atoms with E-state index in [9.17, 15) is 0 Å². The van der Waals surface area contributed by atoms with Crippen molar-refractivity contribution >= 4 is 22.6 Å². The van der Waals surface area contributed by atoms with Crippen LogP contribution in [0.15, 0.2) is 48.7 Å². The van der Waals surface area contributed by atoms with Crippen molar-refractivity contribution in [2.45, 2.75) is 32.9 Å². The first-order valence-corrected chi connectivity index (χ1v) is 8.08. The van der Waals surface area contributed by atoms with Crippen LogP contribution in [0.2, 0.25) is 0 Å². The van der Waals surface area contributed by atoms with Crippen LogP contribution >= 0.6 is 22.6 Å². The molecule has 0 aliphatic heterocycles. The van der Waals surface area contributed by atoms with Gasteiger partial charge in [0.05, 0.1) is 11.7 Å². The molecule has 0 amide bonds. The van der Waals surface area contributed by atoms with Gasteiger partial charge in [-0.15, -0.1) is 0 Å². The van der Waals surface area contributed by atoms with Gasteiger partial charge in [-0.05, 0) is 65.3 Å². The van der Waals surface area contributed by atoms with Gasteiger partial charge in [-0.1, -0.05) is 32.0 Å². The van der Waals surface area contributed by atoms with E-state index in [1.54, 1.807) is 0 Å². The Morgan fingerprint density at radius 1 is 1.00 bits per heavy atom. The van der Waals surface area contributed by atoms with Gasteiger partial charge in [0.15, 0.2) is 0 Å². The average molecular weight is 380 g/mol. The van der Waals surface area contributed by atoms with Gasteiger partial charge in [-0.25, -0.2) is 0 Å².